The molecule has 4 rings (SSSR count). The number of hydrogen-bond donors (Lipinski definition) is 1. The fourth-order valence-corrected chi connectivity index (χ4v) is 3.08. The Kier molecular flexibility index (Phi) is 3.09. The van der Waals surface area contributed by atoms with Crippen molar-refractivity contribution in [3.05, 3.63) is 29.1 Å². The van der Waals surface area contributed by atoms with Gasteiger partial charge in [-0.2, -0.15) is 23.0 Å². The molecular formula is C15H14F3N5O. The number of alkyl halides is 3. The number of aromatic nitrogens is 5. The molecule has 126 valence electrons. The molecule has 0 unspecified atom stereocenters. The maximum Gasteiger partial charge on any atom is 0.417 e. The third-order valence-electron chi connectivity index (χ3n) is 4.33. The number of rotatable bonds is 1. The molecule has 3 heterocycles. The normalized spacial score (nSPS) is 15.0. The van der Waals surface area contributed by atoms with Crippen molar-refractivity contribution in [3.63, 3.8) is 0 Å². The molecule has 0 aliphatic heterocycles. The molecule has 1 aliphatic rings. The van der Waals surface area contributed by atoms with Crippen molar-refractivity contribution in [1.82, 2.24) is 24.3 Å². The summed E-state index contributed by atoms with van der Waals surface area (Å²) in [5.41, 5.74) is 1.15. The zero-order valence-electron chi connectivity index (χ0n) is 12.8. The first kappa shape index (κ1) is 15.0. The minimum Gasteiger partial charge on any atom is -0.493 e. The first-order valence-electron chi connectivity index (χ1n) is 7.56. The van der Waals surface area contributed by atoms with Gasteiger partial charge in [0.05, 0.1) is 11.3 Å². The summed E-state index contributed by atoms with van der Waals surface area (Å²) in [5.74, 6) is 0.239. The SMILES string of the molecule is Cn1c(-n2nc3c(c2O)CCCC3)nc2cc(C(F)(F)F)cnc21. The van der Waals surface area contributed by atoms with E-state index in [0.717, 1.165) is 49.2 Å². The van der Waals surface area contributed by atoms with Crippen LogP contribution in [-0.2, 0) is 26.1 Å². The summed E-state index contributed by atoms with van der Waals surface area (Å²) in [6.45, 7) is 0. The molecular weight excluding hydrogens is 323 g/mol. The van der Waals surface area contributed by atoms with Crippen LogP contribution in [0.5, 0.6) is 5.88 Å². The number of nitrogens with zero attached hydrogens (tertiary/aromatic N) is 5. The Morgan fingerprint density at radius 2 is 1.96 bits per heavy atom. The summed E-state index contributed by atoms with van der Waals surface area (Å²) in [5, 5.41) is 14.8. The zero-order valence-corrected chi connectivity index (χ0v) is 12.8. The fraction of sp³-hybridized carbons (Fsp3) is 0.400. The molecule has 6 nitrogen and oxygen atoms in total. The van der Waals surface area contributed by atoms with Gasteiger partial charge in [-0.05, 0) is 31.7 Å². The van der Waals surface area contributed by atoms with Crippen LogP contribution in [0.1, 0.15) is 29.7 Å². The minimum atomic E-state index is -4.48. The van der Waals surface area contributed by atoms with Crippen molar-refractivity contribution in [2.75, 3.05) is 0 Å². The summed E-state index contributed by atoms with van der Waals surface area (Å²) < 4.78 is 41.3. The highest BCUT2D eigenvalue weighted by atomic mass is 19.4. The number of fused-ring (bicyclic) bond motifs is 2. The molecule has 0 fully saturated rings. The van der Waals surface area contributed by atoms with Crippen LogP contribution in [0.15, 0.2) is 12.3 Å². The van der Waals surface area contributed by atoms with Crippen molar-refractivity contribution >= 4 is 11.2 Å². The molecule has 0 amide bonds. The second kappa shape index (κ2) is 4.96. The van der Waals surface area contributed by atoms with Crippen LogP contribution in [0.2, 0.25) is 0 Å². The molecule has 9 heteroatoms. The lowest BCUT2D eigenvalue weighted by Crippen LogP contribution is -2.06. The number of halogens is 3. The first-order valence-corrected chi connectivity index (χ1v) is 7.56. The van der Waals surface area contributed by atoms with Crippen molar-refractivity contribution in [1.29, 1.82) is 0 Å². The Labute approximate surface area is 134 Å². The van der Waals surface area contributed by atoms with Gasteiger partial charge in [-0.25, -0.2) is 9.97 Å². The average molecular weight is 337 g/mol. The lowest BCUT2D eigenvalue weighted by atomic mass is 9.98. The maximum absolute atomic E-state index is 12.8. The monoisotopic (exact) mass is 337 g/mol. The van der Waals surface area contributed by atoms with Crippen molar-refractivity contribution < 1.29 is 18.3 Å². The molecule has 1 N–H and O–H groups in total. The van der Waals surface area contributed by atoms with E-state index >= 15 is 0 Å². The van der Waals surface area contributed by atoms with E-state index in [1.807, 2.05) is 0 Å². The highest BCUT2D eigenvalue weighted by Gasteiger charge is 2.32. The maximum atomic E-state index is 12.8. The van der Waals surface area contributed by atoms with Gasteiger partial charge in [-0.1, -0.05) is 0 Å². The standard InChI is InChI=1S/C15H14F3N5O/c1-22-12-11(6-8(7-19-12)15(16,17)18)20-14(22)23-13(24)9-4-2-3-5-10(9)21-23/h6-7,24H,2-5H2,1H3. The molecule has 0 bridgehead atoms. The van der Waals surface area contributed by atoms with Crippen LogP contribution in [0.25, 0.3) is 17.1 Å². The summed E-state index contributed by atoms with van der Waals surface area (Å²) in [4.78, 5) is 8.06. The number of hydrogen-bond acceptors (Lipinski definition) is 4. The van der Waals surface area contributed by atoms with Crippen LogP contribution in [0, 0.1) is 0 Å². The van der Waals surface area contributed by atoms with Gasteiger partial charge in [0.25, 0.3) is 0 Å². The van der Waals surface area contributed by atoms with Gasteiger partial charge in [0.15, 0.2) is 5.65 Å². The van der Waals surface area contributed by atoms with E-state index in [2.05, 4.69) is 15.1 Å². The van der Waals surface area contributed by atoms with Crippen LogP contribution in [-0.4, -0.2) is 29.4 Å². The highest BCUT2D eigenvalue weighted by molar-refractivity contribution is 5.73. The Morgan fingerprint density at radius 1 is 1.21 bits per heavy atom. The van der Waals surface area contributed by atoms with Crippen molar-refractivity contribution in [2.45, 2.75) is 31.9 Å². The lowest BCUT2D eigenvalue weighted by Gasteiger charge is -2.07. The Balaban J connectivity index is 1.89. The predicted octanol–water partition coefficient (Wildman–Crippen LogP) is 2.76. The van der Waals surface area contributed by atoms with Gasteiger partial charge in [0, 0.05) is 18.8 Å². The largest absolute Gasteiger partial charge is 0.493 e. The molecule has 3 aromatic heterocycles. The molecule has 0 atom stereocenters. The molecule has 0 spiro atoms. The molecule has 0 radical (unpaired) electrons. The molecule has 24 heavy (non-hydrogen) atoms. The van der Waals surface area contributed by atoms with Gasteiger partial charge in [-0.3, -0.25) is 4.57 Å². The van der Waals surface area contributed by atoms with Crippen molar-refractivity contribution in [3.8, 4) is 11.8 Å². The van der Waals surface area contributed by atoms with E-state index in [1.165, 1.54) is 9.25 Å². The van der Waals surface area contributed by atoms with Gasteiger partial charge in [0.2, 0.25) is 11.8 Å². The van der Waals surface area contributed by atoms with Gasteiger partial charge >= 0.3 is 6.18 Å². The fourth-order valence-electron chi connectivity index (χ4n) is 3.08. The minimum absolute atomic E-state index is 0.000786. The van der Waals surface area contributed by atoms with E-state index in [1.54, 1.807) is 7.05 Å². The lowest BCUT2D eigenvalue weighted by molar-refractivity contribution is -0.137. The van der Waals surface area contributed by atoms with Crippen LogP contribution in [0.4, 0.5) is 13.2 Å². The molecule has 0 saturated carbocycles. The molecule has 0 aromatic carbocycles. The first-order chi connectivity index (χ1) is 11.4. The highest BCUT2D eigenvalue weighted by Crippen LogP contribution is 2.33. The number of pyridine rings is 1. The Morgan fingerprint density at radius 3 is 2.67 bits per heavy atom. The molecule has 0 saturated heterocycles. The smallest absolute Gasteiger partial charge is 0.417 e. The van der Waals surface area contributed by atoms with E-state index in [0.29, 0.717) is 5.65 Å². The summed E-state index contributed by atoms with van der Waals surface area (Å²) >= 11 is 0. The third kappa shape index (κ3) is 2.15. The third-order valence-corrected chi connectivity index (χ3v) is 4.33. The second-order valence-electron chi connectivity index (χ2n) is 5.90. The Bertz CT molecular complexity index is 941. The number of imidazole rings is 1. The van der Waals surface area contributed by atoms with E-state index in [9.17, 15) is 18.3 Å². The van der Waals surface area contributed by atoms with E-state index in [-0.39, 0.29) is 17.3 Å². The number of aromatic hydroxyl groups is 1. The second-order valence-corrected chi connectivity index (χ2v) is 5.90. The predicted molar refractivity (Wildman–Crippen MR) is 78.9 cm³/mol. The molecule has 1 aliphatic carbocycles. The average Bonchev–Trinajstić information content (AvgIpc) is 3.04. The zero-order chi connectivity index (χ0) is 17.1. The summed E-state index contributed by atoms with van der Waals surface area (Å²) in [6.07, 6.45) is -0.209. The number of aryl methyl sites for hydroxylation is 2. The molecule has 3 aromatic rings. The quantitative estimate of drug-likeness (QED) is 0.741. The van der Waals surface area contributed by atoms with Gasteiger partial charge in [-0.15, -0.1) is 0 Å². The van der Waals surface area contributed by atoms with Crippen molar-refractivity contribution in [2.24, 2.45) is 7.05 Å². The summed E-state index contributed by atoms with van der Waals surface area (Å²) in [7, 11) is 1.63. The van der Waals surface area contributed by atoms with Gasteiger partial charge in [0.1, 0.15) is 5.52 Å². The van der Waals surface area contributed by atoms with Crippen LogP contribution < -0.4 is 0 Å². The Hall–Kier alpha value is -2.58. The van der Waals surface area contributed by atoms with E-state index < -0.39 is 11.7 Å². The summed E-state index contributed by atoms with van der Waals surface area (Å²) in [6, 6.07) is 0.951. The topological polar surface area (TPSA) is 68.8 Å². The van der Waals surface area contributed by atoms with Gasteiger partial charge < -0.3 is 5.11 Å². The van der Waals surface area contributed by atoms with E-state index in [4.69, 9.17) is 0 Å². The van der Waals surface area contributed by atoms with Crippen LogP contribution in [0.3, 0.4) is 0 Å². The van der Waals surface area contributed by atoms with Crippen LogP contribution >= 0.6 is 0 Å².